The lowest BCUT2D eigenvalue weighted by atomic mass is 10.2. The highest BCUT2D eigenvalue weighted by Crippen LogP contribution is 2.25. The molecule has 0 aliphatic rings. The Balaban J connectivity index is 1.77. The van der Waals surface area contributed by atoms with E-state index < -0.39 is 6.04 Å². The van der Waals surface area contributed by atoms with Crippen LogP contribution < -0.4 is 5.32 Å². The first-order valence-electron chi connectivity index (χ1n) is 7.29. The van der Waals surface area contributed by atoms with Crippen molar-refractivity contribution in [2.24, 2.45) is 0 Å². The van der Waals surface area contributed by atoms with Crippen LogP contribution in [0.1, 0.15) is 18.5 Å². The van der Waals surface area contributed by atoms with E-state index >= 15 is 0 Å². The summed E-state index contributed by atoms with van der Waals surface area (Å²) in [5.41, 5.74) is 1.03. The van der Waals surface area contributed by atoms with Crippen molar-refractivity contribution in [1.29, 1.82) is 0 Å². The third kappa shape index (κ3) is 3.66. The number of hydrogen-bond donors (Lipinski definition) is 2. The van der Waals surface area contributed by atoms with E-state index in [0.29, 0.717) is 17.1 Å². The summed E-state index contributed by atoms with van der Waals surface area (Å²) in [5, 5.41) is 12.0. The quantitative estimate of drug-likeness (QED) is 0.602. The second-order valence-electron chi connectivity index (χ2n) is 5.22. The predicted octanol–water partition coefficient (Wildman–Crippen LogP) is 4.31. The fourth-order valence-electron chi connectivity index (χ4n) is 2.34. The molecular formula is C16H15BrN4OS2. The van der Waals surface area contributed by atoms with E-state index in [-0.39, 0.29) is 5.91 Å². The molecule has 0 unspecified atom stereocenters. The molecule has 3 aromatic rings. The molecule has 0 radical (unpaired) electrons. The number of nitrogens with zero attached hydrogens (tertiary/aromatic N) is 2. The van der Waals surface area contributed by atoms with Gasteiger partial charge in [-0.2, -0.15) is 5.10 Å². The SMILES string of the molecule is C[C@H](C(=O)NCc1cccc(Br)c1)n1c(-c2cccs2)n[nH]c1=S. The standard InChI is InChI=1S/C16H15BrN4OS2/c1-10(15(22)18-9-11-4-2-5-12(17)8-11)21-14(19-20-16(21)23)13-6-3-7-24-13/h2-8,10H,9H2,1H3,(H,18,22)(H,20,23)/t10-/m1/s1. The van der Waals surface area contributed by atoms with Crippen molar-refractivity contribution in [1.82, 2.24) is 20.1 Å². The lowest BCUT2D eigenvalue weighted by molar-refractivity contribution is -0.124. The summed E-state index contributed by atoms with van der Waals surface area (Å²) < 4.78 is 3.17. The van der Waals surface area contributed by atoms with E-state index in [1.54, 1.807) is 15.9 Å². The average molecular weight is 423 g/mol. The smallest absolute Gasteiger partial charge is 0.243 e. The maximum atomic E-state index is 12.5. The van der Waals surface area contributed by atoms with Crippen LogP contribution in [0.5, 0.6) is 0 Å². The number of hydrogen-bond acceptors (Lipinski definition) is 4. The lowest BCUT2D eigenvalue weighted by Crippen LogP contribution is -2.31. The van der Waals surface area contributed by atoms with E-state index in [1.165, 1.54) is 0 Å². The van der Waals surface area contributed by atoms with Crippen molar-refractivity contribution < 1.29 is 4.79 Å². The molecule has 1 aromatic carbocycles. The monoisotopic (exact) mass is 422 g/mol. The number of halogens is 1. The molecule has 2 aromatic heterocycles. The molecule has 0 aliphatic heterocycles. The van der Waals surface area contributed by atoms with E-state index in [4.69, 9.17) is 12.2 Å². The molecule has 0 bridgehead atoms. The molecule has 124 valence electrons. The van der Waals surface area contributed by atoms with Crippen molar-refractivity contribution in [3.63, 3.8) is 0 Å². The van der Waals surface area contributed by atoms with E-state index in [9.17, 15) is 4.79 Å². The highest BCUT2D eigenvalue weighted by atomic mass is 79.9. The van der Waals surface area contributed by atoms with Crippen molar-refractivity contribution in [2.45, 2.75) is 19.5 Å². The third-order valence-corrected chi connectivity index (χ3v) is 5.22. The minimum Gasteiger partial charge on any atom is -0.350 e. The number of aromatic amines is 1. The van der Waals surface area contributed by atoms with Crippen LogP contribution in [-0.2, 0) is 11.3 Å². The minimum atomic E-state index is -0.458. The second-order valence-corrected chi connectivity index (χ2v) is 7.47. The Labute approximate surface area is 156 Å². The zero-order valence-corrected chi connectivity index (χ0v) is 16.0. The molecule has 8 heteroatoms. The number of carbonyl (C=O) groups excluding carboxylic acids is 1. The Morgan fingerprint density at radius 1 is 1.46 bits per heavy atom. The van der Waals surface area contributed by atoms with E-state index in [1.807, 2.05) is 48.7 Å². The molecule has 1 amide bonds. The first kappa shape index (κ1) is 17.1. The molecule has 2 heterocycles. The van der Waals surface area contributed by atoms with Crippen molar-refractivity contribution in [3.05, 3.63) is 56.6 Å². The Morgan fingerprint density at radius 2 is 2.29 bits per heavy atom. The van der Waals surface area contributed by atoms with Crippen molar-refractivity contribution in [2.75, 3.05) is 0 Å². The van der Waals surface area contributed by atoms with Crippen LogP contribution in [0.2, 0.25) is 0 Å². The highest BCUT2D eigenvalue weighted by molar-refractivity contribution is 9.10. The molecule has 0 saturated carbocycles. The van der Waals surface area contributed by atoms with Gasteiger partial charge in [-0.05, 0) is 48.3 Å². The molecule has 3 rings (SSSR count). The van der Waals surface area contributed by atoms with Gasteiger partial charge in [-0.3, -0.25) is 14.5 Å². The number of benzene rings is 1. The van der Waals surface area contributed by atoms with Crippen LogP contribution in [0.25, 0.3) is 10.7 Å². The maximum Gasteiger partial charge on any atom is 0.243 e. The highest BCUT2D eigenvalue weighted by Gasteiger charge is 2.21. The van der Waals surface area contributed by atoms with Gasteiger partial charge in [0.25, 0.3) is 0 Å². The Hall–Kier alpha value is -1.77. The number of nitrogens with one attached hydrogen (secondary N) is 2. The number of amides is 1. The fourth-order valence-corrected chi connectivity index (χ4v) is 3.79. The van der Waals surface area contributed by atoms with Gasteiger partial charge < -0.3 is 5.32 Å². The molecule has 0 fully saturated rings. The molecular weight excluding hydrogens is 408 g/mol. The van der Waals surface area contributed by atoms with Gasteiger partial charge in [-0.25, -0.2) is 0 Å². The molecule has 0 saturated heterocycles. The normalized spacial score (nSPS) is 12.1. The minimum absolute atomic E-state index is 0.106. The number of thiophene rings is 1. The zero-order chi connectivity index (χ0) is 17.1. The summed E-state index contributed by atoms with van der Waals surface area (Å²) in [4.78, 5) is 13.5. The second kappa shape index (κ2) is 7.42. The van der Waals surface area contributed by atoms with Gasteiger partial charge in [0.1, 0.15) is 6.04 Å². The number of carbonyl (C=O) groups is 1. The number of rotatable bonds is 5. The van der Waals surface area contributed by atoms with Crippen LogP contribution in [0.15, 0.2) is 46.3 Å². The Morgan fingerprint density at radius 3 is 3.00 bits per heavy atom. The summed E-state index contributed by atoms with van der Waals surface area (Å²) in [5.74, 6) is 0.574. The van der Waals surface area contributed by atoms with Crippen LogP contribution in [0, 0.1) is 4.77 Å². The van der Waals surface area contributed by atoms with Crippen molar-refractivity contribution >= 4 is 45.4 Å². The molecule has 24 heavy (non-hydrogen) atoms. The topological polar surface area (TPSA) is 62.7 Å². The van der Waals surface area contributed by atoms with Gasteiger partial charge in [-0.1, -0.05) is 34.1 Å². The third-order valence-electron chi connectivity index (χ3n) is 3.57. The summed E-state index contributed by atoms with van der Waals surface area (Å²) in [6.45, 7) is 2.28. The first-order chi connectivity index (χ1) is 11.6. The largest absolute Gasteiger partial charge is 0.350 e. The first-order valence-corrected chi connectivity index (χ1v) is 9.37. The maximum absolute atomic E-state index is 12.5. The average Bonchev–Trinajstić information content (AvgIpc) is 3.21. The molecule has 1 atom stereocenters. The van der Waals surface area contributed by atoms with Gasteiger partial charge in [0.05, 0.1) is 4.88 Å². The van der Waals surface area contributed by atoms with Crippen LogP contribution in [-0.4, -0.2) is 20.7 Å². The molecule has 5 nitrogen and oxygen atoms in total. The van der Waals surface area contributed by atoms with Gasteiger partial charge in [0.15, 0.2) is 10.6 Å². The molecule has 0 aliphatic carbocycles. The summed E-state index contributed by atoms with van der Waals surface area (Å²) >= 11 is 10.3. The van der Waals surface area contributed by atoms with E-state index in [0.717, 1.165) is 14.9 Å². The number of H-pyrrole nitrogens is 1. The number of aromatic nitrogens is 3. The van der Waals surface area contributed by atoms with Gasteiger partial charge in [0, 0.05) is 11.0 Å². The fraction of sp³-hybridized carbons (Fsp3) is 0.188. The Kier molecular flexibility index (Phi) is 5.27. The predicted molar refractivity (Wildman–Crippen MR) is 101 cm³/mol. The van der Waals surface area contributed by atoms with Gasteiger partial charge >= 0.3 is 0 Å². The zero-order valence-electron chi connectivity index (χ0n) is 12.8. The van der Waals surface area contributed by atoms with Gasteiger partial charge in [0.2, 0.25) is 5.91 Å². The summed E-state index contributed by atoms with van der Waals surface area (Å²) in [6.07, 6.45) is 0. The van der Waals surface area contributed by atoms with E-state index in [2.05, 4.69) is 31.4 Å². The summed E-state index contributed by atoms with van der Waals surface area (Å²) in [6, 6.07) is 11.3. The van der Waals surface area contributed by atoms with Gasteiger partial charge in [-0.15, -0.1) is 11.3 Å². The van der Waals surface area contributed by atoms with Crippen LogP contribution >= 0.6 is 39.5 Å². The lowest BCUT2D eigenvalue weighted by Gasteiger charge is -2.15. The van der Waals surface area contributed by atoms with Crippen LogP contribution in [0.3, 0.4) is 0 Å². The summed E-state index contributed by atoms with van der Waals surface area (Å²) in [7, 11) is 0. The molecule has 2 N–H and O–H groups in total. The van der Waals surface area contributed by atoms with Crippen molar-refractivity contribution in [3.8, 4) is 10.7 Å². The van der Waals surface area contributed by atoms with Crippen LogP contribution in [0.4, 0.5) is 0 Å². The Bertz CT molecular complexity index is 901. The molecule has 0 spiro atoms.